The van der Waals surface area contributed by atoms with Crippen molar-refractivity contribution in [1.29, 1.82) is 0 Å². The van der Waals surface area contributed by atoms with Gasteiger partial charge >= 0.3 is 12.0 Å². The number of anilines is 1. The first-order chi connectivity index (χ1) is 9.04. The number of urea groups is 1. The lowest BCUT2D eigenvalue weighted by atomic mass is 9.86. The lowest BCUT2D eigenvalue weighted by Crippen LogP contribution is -2.40. The van der Waals surface area contributed by atoms with Gasteiger partial charge in [-0.15, -0.1) is 0 Å². The van der Waals surface area contributed by atoms with Crippen LogP contribution in [-0.4, -0.2) is 32.5 Å². The highest BCUT2D eigenvalue weighted by Gasteiger charge is 2.26. The zero-order valence-corrected chi connectivity index (χ0v) is 11.4. The number of nitrogens with one attached hydrogen (secondary N) is 2. The molecule has 104 valence electrons. The van der Waals surface area contributed by atoms with Crippen LogP contribution < -0.4 is 10.6 Å². The third-order valence-corrected chi connectivity index (χ3v) is 3.88. The monoisotopic (exact) mass is 284 g/mol. The zero-order chi connectivity index (χ0) is 13.8. The lowest BCUT2D eigenvalue weighted by molar-refractivity contribution is -0.142. The summed E-state index contributed by atoms with van der Waals surface area (Å²) in [6.07, 6.45) is 2.61. The Morgan fingerprint density at radius 1 is 1.32 bits per heavy atom. The highest BCUT2D eigenvalue weighted by atomic mass is 32.1. The number of hydrogen-bond acceptors (Lipinski definition) is 5. The number of carboxylic acid groups (broad SMARTS) is 1. The number of amides is 2. The van der Waals surface area contributed by atoms with E-state index in [2.05, 4.69) is 20.0 Å². The van der Waals surface area contributed by atoms with Gasteiger partial charge in [0, 0.05) is 17.6 Å². The molecule has 0 bridgehead atoms. The van der Waals surface area contributed by atoms with Crippen LogP contribution in [0.5, 0.6) is 0 Å². The number of aliphatic carboxylic acids is 1. The maximum atomic E-state index is 11.7. The van der Waals surface area contributed by atoms with E-state index < -0.39 is 5.97 Å². The van der Waals surface area contributed by atoms with Crippen molar-refractivity contribution < 1.29 is 14.7 Å². The Labute approximate surface area is 114 Å². The summed E-state index contributed by atoms with van der Waals surface area (Å²) < 4.78 is 3.97. The Morgan fingerprint density at radius 3 is 2.53 bits per heavy atom. The maximum absolute atomic E-state index is 11.7. The molecule has 0 aliphatic heterocycles. The molecule has 2 amide bonds. The van der Waals surface area contributed by atoms with Crippen molar-refractivity contribution in [3.05, 3.63) is 5.82 Å². The van der Waals surface area contributed by atoms with E-state index in [1.807, 2.05) is 0 Å². The zero-order valence-electron chi connectivity index (χ0n) is 10.5. The Balaban J connectivity index is 1.76. The molecule has 0 atom stereocenters. The van der Waals surface area contributed by atoms with E-state index in [0.717, 1.165) is 11.5 Å². The van der Waals surface area contributed by atoms with Gasteiger partial charge in [0.1, 0.15) is 5.82 Å². The van der Waals surface area contributed by atoms with Crippen molar-refractivity contribution in [2.24, 2.45) is 5.92 Å². The van der Waals surface area contributed by atoms with Gasteiger partial charge in [0.05, 0.1) is 5.92 Å². The third-order valence-electron chi connectivity index (χ3n) is 3.16. The molecule has 8 heteroatoms. The second kappa shape index (κ2) is 5.96. The van der Waals surface area contributed by atoms with Crippen LogP contribution in [0.3, 0.4) is 0 Å². The molecule has 1 fully saturated rings. The van der Waals surface area contributed by atoms with E-state index in [0.29, 0.717) is 36.6 Å². The molecule has 1 saturated carbocycles. The smallest absolute Gasteiger partial charge is 0.321 e. The number of carboxylic acids is 1. The van der Waals surface area contributed by atoms with Crippen LogP contribution in [0.25, 0.3) is 0 Å². The van der Waals surface area contributed by atoms with Crippen molar-refractivity contribution in [3.8, 4) is 0 Å². The average Bonchev–Trinajstić information content (AvgIpc) is 2.75. The van der Waals surface area contributed by atoms with Crippen LogP contribution in [0, 0.1) is 12.8 Å². The van der Waals surface area contributed by atoms with Crippen LogP contribution in [-0.2, 0) is 4.79 Å². The Hall–Kier alpha value is -1.70. The van der Waals surface area contributed by atoms with Gasteiger partial charge < -0.3 is 10.4 Å². The predicted molar refractivity (Wildman–Crippen MR) is 70.2 cm³/mol. The van der Waals surface area contributed by atoms with Crippen molar-refractivity contribution in [3.63, 3.8) is 0 Å². The number of hydrogen-bond donors (Lipinski definition) is 3. The van der Waals surface area contributed by atoms with E-state index in [4.69, 9.17) is 5.11 Å². The van der Waals surface area contributed by atoms with E-state index in [1.165, 1.54) is 0 Å². The fourth-order valence-corrected chi connectivity index (χ4v) is 2.72. The minimum atomic E-state index is -0.743. The summed E-state index contributed by atoms with van der Waals surface area (Å²) >= 11 is 1.13. The van der Waals surface area contributed by atoms with Gasteiger partial charge in [0.15, 0.2) is 0 Å². The molecular formula is C11H16N4O3S. The normalized spacial score (nSPS) is 22.8. The number of aromatic nitrogens is 2. The summed E-state index contributed by atoms with van der Waals surface area (Å²) in [5, 5.41) is 14.8. The first kappa shape index (κ1) is 13.7. The number of aryl methyl sites for hydroxylation is 1. The van der Waals surface area contributed by atoms with Crippen molar-refractivity contribution >= 4 is 28.7 Å². The molecule has 0 unspecified atom stereocenters. The molecule has 1 aromatic heterocycles. The average molecular weight is 284 g/mol. The predicted octanol–water partition coefficient (Wildman–Crippen LogP) is 1.61. The van der Waals surface area contributed by atoms with Crippen molar-refractivity contribution in [2.75, 3.05) is 5.32 Å². The molecule has 3 N–H and O–H groups in total. The van der Waals surface area contributed by atoms with Gasteiger partial charge in [-0.1, -0.05) is 0 Å². The highest BCUT2D eigenvalue weighted by Crippen LogP contribution is 2.24. The third kappa shape index (κ3) is 3.88. The molecule has 0 radical (unpaired) electrons. The fraction of sp³-hybridized carbons (Fsp3) is 0.636. The lowest BCUT2D eigenvalue weighted by Gasteiger charge is -2.26. The molecule has 0 aromatic carbocycles. The summed E-state index contributed by atoms with van der Waals surface area (Å²) in [5.74, 6) is -0.388. The van der Waals surface area contributed by atoms with Crippen molar-refractivity contribution in [2.45, 2.75) is 38.6 Å². The standard InChI is InChI=1S/C11H16N4O3S/c1-6-12-11(19-15-6)14-10(18)13-8-4-2-7(3-5-8)9(16)17/h7-8H,2-5H2,1H3,(H,16,17)(H2,12,13,14,15,18). The summed E-state index contributed by atoms with van der Waals surface area (Å²) in [5.41, 5.74) is 0. The van der Waals surface area contributed by atoms with Gasteiger partial charge in [-0.2, -0.15) is 4.37 Å². The first-order valence-electron chi connectivity index (χ1n) is 6.15. The SMILES string of the molecule is Cc1nsc(NC(=O)NC2CCC(C(=O)O)CC2)n1. The Kier molecular flexibility index (Phi) is 4.31. The number of carbonyl (C=O) groups is 2. The van der Waals surface area contributed by atoms with Gasteiger partial charge in [0.25, 0.3) is 0 Å². The molecule has 0 saturated heterocycles. The summed E-state index contributed by atoms with van der Waals surface area (Å²) in [6, 6.07) is -0.278. The Bertz CT molecular complexity index is 468. The van der Waals surface area contributed by atoms with E-state index >= 15 is 0 Å². The molecule has 1 aromatic rings. The van der Waals surface area contributed by atoms with E-state index in [1.54, 1.807) is 6.92 Å². The largest absolute Gasteiger partial charge is 0.481 e. The second-order valence-corrected chi connectivity index (χ2v) is 5.38. The van der Waals surface area contributed by atoms with Crippen LogP contribution >= 0.6 is 11.5 Å². The van der Waals surface area contributed by atoms with Crippen LogP contribution in [0.15, 0.2) is 0 Å². The highest BCUT2D eigenvalue weighted by molar-refractivity contribution is 7.09. The molecule has 1 aliphatic rings. The van der Waals surface area contributed by atoms with Crippen LogP contribution in [0.1, 0.15) is 31.5 Å². The van der Waals surface area contributed by atoms with Crippen LogP contribution in [0.2, 0.25) is 0 Å². The fourth-order valence-electron chi connectivity index (χ4n) is 2.15. The minimum Gasteiger partial charge on any atom is -0.481 e. The summed E-state index contributed by atoms with van der Waals surface area (Å²) in [7, 11) is 0. The summed E-state index contributed by atoms with van der Waals surface area (Å²) in [4.78, 5) is 26.6. The van der Waals surface area contributed by atoms with Crippen molar-refractivity contribution in [1.82, 2.24) is 14.7 Å². The maximum Gasteiger partial charge on any atom is 0.321 e. The molecule has 2 rings (SSSR count). The number of rotatable bonds is 3. The van der Waals surface area contributed by atoms with Gasteiger partial charge in [-0.05, 0) is 32.6 Å². The molecule has 1 aliphatic carbocycles. The second-order valence-electron chi connectivity index (χ2n) is 4.63. The first-order valence-corrected chi connectivity index (χ1v) is 6.92. The molecule has 19 heavy (non-hydrogen) atoms. The summed E-state index contributed by atoms with van der Waals surface area (Å²) in [6.45, 7) is 1.76. The van der Waals surface area contributed by atoms with Gasteiger partial charge in [0.2, 0.25) is 5.13 Å². The molecular weight excluding hydrogens is 268 g/mol. The molecule has 7 nitrogen and oxygen atoms in total. The molecule has 1 heterocycles. The molecule has 0 spiro atoms. The number of carbonyl (C=O) groups excluding carboxylic acids is 1. The quantitative estimate of drug-likeness (QED) is 0.782. The topological polar surface area (TPSA) is 104 Å². The van der Waals surface area contributed by atoms with E-state index in [9.17, 15) is 9.59 Å². The Morgan fingerprint density at radius 2 is 2.00 bits per heavy atom. The number of nitrogens with zero attached hydrogens (tertiary/aromatic N) is 2. The van der Waals surface area contributed by atoms with Gasteiger partial charge in [-0.25, -0.2) is 9.78 Å². The van der Waals surface area contributed by atoms with Crippen LogP contribution in [0.4, 0.5) is 9.93 Å². The van der Waals surface area contributed by atoms with E-state index in [-0.39, 0.29) is 18.0 Å². The van der Waals surface area contributed by atoms with Gasteiger partial charge in [-0.3, -0.25) is 10.1 Å². The minimum absolute atomic E-state index is 0.0321.